The average Bonchev–Trinajstić information content (AvgIpc) is 3.03. The molecule has 236 valence electrons. The number of carbonyl (C=O) groups is 2. The van der Waals surface area contributed by atoms with Gasteiger partial charge in [-0.25, -0.2) is 8.42 Å². The molecular formula is C36H40ClN3O4S. The van der Waals surface area contributed by atoms with E-state index in [2.05, 4.69) is 5.32 Å². The Hall–Kier alpha value is -4.14. The molecule has 1 N–H and O–H groups in total. The van der Waals surface area contributed by atoms with Gasteiger partial charge >= 0.3 is 0 Å². The van der Waals surface area contributed by atoms with Gasteiger partial charge in [-0.15, -0.1) is 0 Å². The van der Waals surface area contributed by atoms with Crippen LogP contribution in [0.2, 0.25) is 5.02 Å². The van der Waals surface area contributed by atoms with Crippen LogP contribution in [0.4, 0.5) is 5.69 Å². The van der Waals surface area contributed by atoms with Crippen LogP contribution in [0.25, 0.3) is 0 Å². The molecule has 9 heteroatoms. The second kappa shape index (κ2) is 15.7. The van der Waals surface area contributed by atoms with Gasteiger partial charge in [0.1, 0.15) is 12.6 Å². The van der Waals surface area contributed by atoms with Gasteiger partial charge in [-0.3, -0.25) is 13.9 Å². The van der Waals surface area contributed by atoms with E-state index in [1.165, 1.54) is 17.0 Å². The molecule has 7 nitrogen and oxygen atoms in total. The molecule has 0 bridgehead atoms. The summed E-state index contributed by atoms with van der Waals surface area (Å²) >= 11 is 6.23. The molecule has 0 aliphatic heterocycles. The molecule has 0 radical (unpaired) electrons. The highest BCUT2D eigenvalue weighted by atomic mass is 35.5. The molecule has 0 aromatic heterocycles. The van der Waals surface area contributed by atoms with E-state index in [0.29, 0.717) is 22.8 Å². The summed E-state index contributed by atoms with van der Waals surface area (Å²) in [5.74, 6) is -0.789. The van der Waals surface area contributed by atoms with E-state index >= 15 is 0 Å². The first-order chi connectivity index (χ1) is 21.6. The summed E-state index contributed by atoms with van der Waals surface area (Å²) in [7, 11) is -4.19. The zero-order valence-electron chi connectivity index (χ0n) is 25.9. The van der Waals surface area contributed by atoms with Gasteiger partial charge in [0.25, 0.3) is 10.0 Å². The van der Waals surface area contributed by atoms with E-state index in [1.54, 1.807) is 37.3 Å². The third-order valence-corrected chi connectivity index (χ3v) is 9.62. The Morgan fingerprint density at radius 1 is 0.844 bits per heavy atom. The number of halogens is 1. The van der Waals surface area contributed by atoms with Crippen LogP contribution in [0.15, 0.2) is 108 Å². The molecule has 0 spiro atoms. The van der Waals surface area contributed by atoms with Crippen molar-refractivity contribution in [2.24, 2.45) is 0 Å². The molecule has 0 aliphatic rings. The van der Waals surface area contributed by atoms with Crippen molar-refractivity contribution in [1.82, 2.24) is 10.2 Å². The molecule has 4 aromatic carbocycles. The molecule has 2 amide bonds. The maximum Gasteiger partial charge on any atom is 0.264 e. The van der Waals surface area contributed by atoms with Gasteiger partial charge < -0.3 is 10.2 Å². The van der Waals surface area contributed by atoms with Crippen LogP contribution >= 0.6 is 11.6 Å². The topological polar surface area (TPSA) is 86.8 Å². The van der Waals surface area contributed by atoms with Gasteiger partial charge in [0.2, 0.25) is 11.8 Å². The Balaban J connectivity index is 1.80. The maximum atomic E-state index is 14.5. The number of rotatable bonds is 14. The predicted octanol–water partition coefficient (Wildman–Crippen LogP) is 6.71. The largest absolute Gasteiger partial charge is 0.354 e. The van der Waals surface area contributed by atoms with Gasteiger partial charge in [-0.1, -0.05) is 103 Å². The van der Waals surface area contributed by atoms with Crippen molar-refractivity contribution in [1.29, 1.82) is 0 Å². The molecule has 0 saturated carbocycles. The van der Waals surface area contributed by atoms with Crippen LogP contribution in [-0.2, 0) is 32.6 Å². The quantitative estimate of drug-likeness (QED) is 0.155. The lowest BCUT2D eigenvalue weighted by atomic mass is 10.0. The van der Waals surface area contributed by atoms with Crippen LogP contribution in [-0.4, -0.2) is 44.3 Å². The first kappa shape index (κ1) is 33.7. The van der Waals surface area contributed by atoms with E-state index in [0.717, 1.165) is 33.8 Å². The van der Waals surface area contributed by atoms with Gasteiger partial charge in [0.15, 0.2) is 0 Å². The Morgan fingerprint density at radius 2 is 1.47 bits per heavy atom. The smallest absolute Gasteiger partial charge is 0.264 e. The summed E-state index contributed by atoms with van der Waals surface area (Å²) in [5, 5.41) is 3.46. The van der Waals surface area contributed by atoms with Crippen LogP contribution in [0.1, 0.15) is 42.0 Å². The third kappa shape index (κ3) is 8.96. The number of amides is 2. The van der Waals surface area contributed by atoms with Gasteiger partial charge in [0.05, 0.1) is 10.6 Å². The molecule has 1 atom stereocenters. The highest BCUT2D eigenvalue weighted by Crippen LogP contribution is 2.30. The number of unbranched alkanes of at least 4 members (excludes halogenated alkanes) is 1. The van der Waals surface area contributed by atoms with Gasteiger partial charge in [0, 0.05) is 24.5 Å². The van der Waals surface area contributed by atoms with E-state index < -0.39 is 28.5 Å². The van der Waals surface area contributed by atoms with Crippen molar-refractivity contribution in [2.45, 2.75) is 57.5 Å². The average molecular weight is 646 g/mol. The van der Waals surface area contributed by atoms with Crippen LogP contribution in [0.5, 0.6) is 0 Å². The third-order valence-electron chi connectivity index (χ3n) is 7.61. The monoisotopic (exact) mass is 645 g/mol. The second-order valence-electron chi connectivity index (χ2n) is 11.1. The minimum Gasteiger partial charge on any atom is -0.354 e. The number of aryl methyl sites for hydroxylation is 2. The first-order valence-corrected chi connectivity index (χ1v) is 16.9. The van der Waals surface area contributed by atoms with Crippen molar-refractivity contribution >= 4 is 39.1 Å². The first-order valence-electron chi connectivity index (χ1n) is 15.1. The van der Waals surface area contributed by atoms with Crippen molar-refractivity contribution in [3.05, 3.63) is 130 Å². The Labute approximate surface area is 271 Å². The Kier molecular flexibility index (Phi) is 11.8. The maximum absolute atomic E-state index is 14.5. The highest BCUT2D eigenvalue weighted by Gasteiger charge is 2.35. The lowest BCUT2D eigenvalue weighted by Crippen LogP contribution is -2.53. The molecule has 4 aromatic rings. The number of carbonyl (C=O) groups excluding carboxylic acids is 2. The molecule has 4 rings (SSSR count). The van der Waals surface area contributed by atoms with Crippen molar-refractivity contribution in [3.8, 4) is 0 Å². The number of hydrogen-bond acceptors (Lipinski definition) is 4. The number of hydrogen-bond donors (Lipinski definition) is 1. The molecule has 0 heterocycles. The summed E-state index contributed by atoms with van der Waals surface area (Å²) in [6.45, 7) is 5.76. The predicted molar refractivity (Wildman–Crippen MR) is 181 cm³/mol. The number of nitrogens with zero attached hydrogens (tertiary/aromatic N) is 2. The summed E-state index contributed by atoms with van der Waals surface area (Å²) in [4.78, 5) is 29.9. The molecule has 0 aliphatic carbocycles. The van der Waals surface area contributed by atoms with Crippen molar-refractivity contribution in [2.75, 3.05) is 17.4 Å². The summed E-state index contributed by atoms with van der Waals surface area (Å²) < 4.78 is 29.5. The zero-order chi connectivity index (χ0) is 32.4. The van der Waals surface area contributed by atoms with E-state index in [9.17, 15) is 18.0 Å². The lowest BCUT2D eigenvalue weighted by molar-refractivity contribution is -0.140. The van der Waals surface area contributed by atoms with Gasteiger partial charge in [-0.05, 0) is 67.3 Å². The summed E-state index contributed by atoms with van der Waals surface area (Å²) in [6, 6.07) is 29.4. The fourth-order valence-corrected chi connectivity index (χ4v) is 6.80. The lowest BCUT2D eigenvalue weighted by Gasteiger charge is -2.34. The standard InChI is InChI=1S/C36H40ClN3O4S/c1-4-5-22-38-36(42)34(24-29-12-8-6-9-13-29)39(25-30-14-10-7-11-15-30)35(41)26-40(33-21-18-31(37)23-28(33)3)45(43,44)32-19-16-27(2)17-20-32/h6-21,23,34H,4-5,22,24-26H2,1-3H3,(H,38,42). The number of anilines is 1. The van der Waals surface area contributed by atoms with Crippen molar-refractivity contribution < 1.29 is 18.0 Å². The van der Waals surface area contributed by atoms with Crippen LogP contribution in [0.3, 0.4) is 0 Å². The minimum absolute atomic E-state index is 0.0583. The fraction of sp³-hybridized carbons (Fsp3) is 0.278. The minimum atomic E-state index is -4.19. The van der Waals surface area contributed by atoms with E-state index in [1.807, 2.05) is 74.5 Å². The molecule has 0 saturated heterocycles. The Morgan fingerprint density at radius 3 is 2.07 bits per heavy atom. The fourth-order valence-electron chi connectivity index (χ4n) is 5.09. The zero-order valence-corrected chi connectivity index (χ0v) is 27.5. The molecule has 1 unspecified atom stereocenters. The molecular weight excluding hydrogens is 606 g/mol. The summed E-state index contributed by atoms with van der Waals surface area (Å²) in [6.07, 6.45) is 1.97. The SMILES string of the molecule is CCCCNC(=O)C(Cc1ccccc1)N(Cc1ccccc1)C(=O)CN(c1ccc(Cl)cc1C)S(=O)(=O)c1ccc(C)cc1. The molecule has 45 heavy (non-hydrogen) atoms. The van der Waals surface area contributed by atoms with E-state index in [-0.39, 0.29) is 23.8 Å². The summed E-state index contributed by atoms with van der Waals surface area (Å²) in [5.41, 5.74) is 3.54. The molecule has 0 fully saturated rings. The van der Waals surface area contributed by atoms with Crippen LogP contribution in [0, 0.1) is 13.8 Å². The number of benzene rings is 4. The van der Waals surface area contributed by atoms with Crippen LogP contribution < -0.4 is 9.62 Å². The van der Waals surface area contributed by atoms with Crippen molar-refractivity contribution in [3.63, 3.8) is 0 Å². The number of sulfonamides is 1. The van der Waals surface area contributed by atoms with Gasteiger partial charge in [-0.2, -0.15) is 0 Å². The second-order valence-corrected chi connectivity index (χ2v) is 13.4. The normalized spacial score (nSPS) is 11.9. The van der Waals surface area contributed by atoms with E-state index in [4.69, 9.17) is 11.6 Å². The Bertz CT molecular complexity index is 1680. The number of nitrogens with one attached hydrogen (secondary N) is 1. The highest BCUT2D eigenvalue weighted by molar-refractivity contribution is 7.92.